The molecule has 0 aromatic carbocycles. The smallest absolute Gasteiger partial charge is 0.306 e. The number of carbonyl (C=O) groups excluding carboxylic acids is 3. The molecule has 0 aliphatic heterocycles. The highest BCUT2D eigenvalue weighted by Crippen LogP contribution is 2.18. The van der Waals surface area contributed by atoms with Crippen molar-refractivity contribution in [2.45, 2.75) is 323 Å². The minimum atomic E-state index is -0.763. The average molecular weight is 892 g/mol. The van der Waals surface area contributed by atoms with Crippen molar-refractivity contribution in [2.75, 3.05) is 13.2 Å². The Balaban J connectivity index is 4.30. The molecule has 374 valence electrons. The molecule has 6 heteroatoms. The van der Waals surface area contributed by atoms with E-state index < -0.39 is 6.10 Å². The van der Waals surface area contributed by atoms with Gasteiger partial charge in [0.2, 0.25) is 0 Å². The zero-order chi connectivity index (χ0) is 46.1. The van der Waals surface area contributed by atoms with E-state index in [-0.39, 0.29) is 31.1 Å². The highest BCUT2D eigenvalue weighted by atomic mass is 16.6. The van der Waals surface area contributed by atoms with Gasteiger partial charge in [-0.25, -0.2) is 0 Å². The molecule has 0 rings (SSSR count). The van der Waals surface area contributed by atoms with Gasteiger partial charge in [0, 0.05) is 19.3 Å². The Morgan fingerprint density at radius 2 is 0.603 bits per heavy atom. The first-order chi connectivity index (χ1) is 30.8. The van der Waals surface area contributed by atoms with Crippen molar-refractivity contribution < 1.29 is 28.6 Å². The second-order valence-corrected chi connectivity index (χ2v) is 20.3. The zero-order valence-corrected chi connectivity index (χ0v) is 43.2. The summed E-state index contributed by atoms with van der Waals surface area (Å²) in [6, 6.07) is 0. The summed E-state index contributed by atoms with van der Waals surface area (Å²) in [4.78, 5) is 38.1. The summed E-state index contributed by atoms with van der Waals surface area (Å²) in [5.41, 5.74) is 0. The Kier molecular flexibility index (Phi) is 48.6. The number of rotatable bonds is 51. The minimum Gasteiger partial charge on any atom is -0.462 e. The fourth-order valence-electron chi connectivity index (χ4n) is 8.66. The molecule has 0 fully saturated rings. The van der Waals surface area contributed by atoms with Crippen molar-refractivity contribution >= 4 is 17.9 Å². The summed E-state index contributed by atoms with van der Waals surface area (Å²) in [6.07, 6.45) is 52.3. The van der Waals surface area contributed by atoms with Gasteiger partial charge in [-0.1, -0.05) is 279 Å². The van der Waals surface area contributed by atoms with Crippen LogP contribution in [0.3, 0.4) is 0 Å². The molecule has 2 atom stereocenters. The lowest BCUT2D eigenvalue weighted by atomic mass is 9.99. The molecule has 63 heavy (non-hydrogen) atoms. The number of hydrogen-bond donors (Lipinski definition) is 0. The Bertz CT molecular complexity index is 964. The molecule has 0 saturated heterocycles. The van der Waals surface area contributed by atoms with E-state index in [1.807, 2.05) is 0 Å². The van der Waals surface area contributed by atoms with Gasteiger partial charge in [-0.05, 0) is 31.1 Å². The Labute approximate surface area is 393 Å². The van der Waals surface area contributed by atoms with E-state index in [9.17, 15) is 14.4 Å². The first-order valence-electron chi connectivity index (χ1n) is 28.3. The highest BCUT2D eigenvalue weighted by molar-refractivity contribution is 5.71. The van der Waals surface area contributed by atoms with E-state index in [1.165, 1.54) is 205 Å². The molecule has 6 nitrogen and oxygen atoms in total. The van der Waals surface area contributed by atoms with Crippen molar-refractivity contribution in [1.29, 1.82) is 0 Å². The summed E-state index contributed by atoms with van der Waals surface area (Å²) < 4.78 is 16.9. The normalized spacial score (nSPS) is 12.5. The number of ether oxygens (including phenoxy) is 3. The van der Waals surface area contributed by atoms with E-state index in [2.05, 4.69) is 34.6 Å². The fraction of sp³-hybridized carbons (Fsp3) is 0.947. The van der Waals surface area contributed by atoms with Crippen LogP contribution in [0.4, 0.5) is 0 Å². The third-order valence-electron chi connectivity index (χ3n) is 13.3. The van der Waals surface area contributed by atoms with E-state index in [0.717, 1.165) is 69.6 Å². The van der Waals surface area contributed by atoms with Gasteiger partial charge in [-0.15, -0.1) is 0 Å². The van der Waals surface area contributed by atoms with Gasteiger partial charge < -0.3 is 14.2 Å². The van der Waals surface area contributed by atoms with Gasteiger partial charge in [0.05, 0.1) is 0 Å². The van der Waals surface area contributed by atoms with E-state index in [0.29, 0.717) is 19.3 Å². The summed E-state index contributed by atoms with van der Waals surface area (Å²) >= 11 is 0. The Hall–Kier alpha value is -1.59. The lowest BCUT2D eigenvalue weighted by Crippen LogP contribution is -2.30. The standard InChI is InChI=1S/C57H110O6/c1-6-8-9-10-11-12-13-14-15-16-17-20-24-27-34-39-44-49-57(60)63-54(51-62-56(59)48-43-38-33-29-28-31-36-41-46-53(5)7-2)50-61-55(58)47-42-37-32-26-23-21-18-19-22-25-30-35-40-45-52(3)4/h52-54H,6-51H2,1-5H3/t53?,54-/m0/s1. The fourth-order valence-corrected chi connectivity index (χ4v) is 8.66. The predicted octanol–water partition coefficient (Wildman–Crippen LogP) is 18.5. The third kappa shape index (κ3) is 49.7. The molecule has 0 heterocycles. The van der Waals surface area contributed by atoms with E-state index in [4.69, 9.17) is 14.2 Å². The van der Waals surface area contributed by atoms with Crippen LogP contribution in [0.5, 0.6) is 0 Å². The SMILES string of the molecule is CCCCCCCCCCCCCCCCCCCC(=O)O[C@@H](COC(=O)CCCCCCCCCCCCCCCC(C)C)COC(=O)CCCCCCCCCCC(C)CC. The van der Waals surface area contributed by atoms with Crippen LogP contribution in [0, 0.1) is 11.8 Å². The summed E-state index contributed by atoms with van der Waals surface area (Å²) in [5, 5.41) is 0. The van der Waals surface area contributed by atoms with Crippen LogP contribution >= 0.6 is 0 Å². The Morgan fingerprint density at radius 1 is 0.333 bits per heavy atom. The molecule has 0 N–H and O–H groups in total. The van der Waals surface area contributed by atoms with Crippen molar-refractivity contribution in [2.24, 2.45) is 11.8 Å². The van der Waals surface area contributed by atoms with Crippen molar-refractivity contribution in [1.82, 2.24) is 0 Å². The molecule has 0 aliphatic rings. The van der Waals surface area contributed by atoms with Crippen LogP contribution in [0.2, 0.25) is 0 Å². The highest BCUT2D eigenvalue weighted by Gasteiger charge is 2.19. The second-order valence-electron chi connectivity index (χ2n) is 20.3. The maximum atomic E-state index is 12.8. The molecule has 0 aliphatic carbocycles. The van der Waals surface area contributed by atoms with Gasteiger partial charge in [0.1, 0.15) is 13.2 Å². The molecule has 0 saturated carbocycles. The molecule has 1 unspecified atom stereocenters. The molecule has 0 radical (unpaired) electrons. The molecule has 0 aromatic rings. The lowest BCUT2D eigenvalue weighted by Gasteiger charge is -2.18. The zero-order valence-electron chi connectivity index (χ0n) is 43.2. The third-order valence-corrected chi connectivity index (χ3v) is 13.3. The van der Waals surface area contributed by atoms with Gasteiger partial charge in [0.25, 0.3) is 0 Å². The number of hydrogen-bond acceptors (Lipinski definition) is 6. The van der Waals surface area contributed by atoms with Crippen LogP contribution in [-0.4, -0.2) is 37.2 Å². The second kappa shape index (κ2) is 49.8. The van der Waals surface area contributed by atoms with Crippen LogP contribution in [0.25, 0.3) is 0 Å². The first-order valence-corrected chi connectivity index (χ1v) is 28.3. The van der Waals surface area contributed by atoms with Crippen molar-refractivity contribution in [3.05, 3.63) is 0 Å². The van der Waals surface area contributed by atoms with Crippen LogP contribution in [0.1, 0.15) is 317 Å². The largest absolute Gasteiger partial charge is 0.462 e. The topological polar surface area (TPSA) is 78.9 Å². The van der Waals surface area contributed by atoms with Crippen molar-refractivity contribution in [3.63, 3.8) is 0 Å². The molecular formula is C57H110O6. The number of unbranched alkanes of at least 4 members (excludes halogenated alkanes) is 35. The van der Waals surface area contributed by atoms with Gasteiger partial charge in [-0.3, -0.25) is 14.4 Å². The number of esters is 3. The van der Waals surface area contributed by atoms with E-state index in [1.54, 1.807) is 0 Å². The summed E-state index contributed by atoms with van der Waals surface area (Å²) in [6.45, 7) is 11.4. The lowest BCUT2D eigenvalue weighted by molar-refractivity contribution is -0.167. The molecular weight excluding hydrogens is 781 g/mol. The number of carbonyl (C=O) groups is 3. The van der Waals surface area contributed by atoms with Gasteiger partial charge in [-0.2, -0.15) is 0 Å². The quantitative estimate of drug-likeness (QED) is 0.0344. The minimum absolute atomic E-state index is 0.0633. The maximum Gasteiger partial charge on any atom is 0.306 e. The van der Waals surface area contributed by atoms with Crippen LogP contribution in [0.15, 0.2) is 0 Å². The van der Waals surface area contributed by atoms with Gasteiger partial charge >= 0.3 is 17.9 Å². The van der Waals surface area contributed by atoms with Gasteiger partial charge in [0.15, 0.2) is 6.10 Å². The van der Waals surface area contributed by atoms with Crippen LogP contribution in [-0.2, 0) is 28.6 Å². The molecule has 0 spiro atoms. The predicted molar refractivity (Wildman–Crippen MR) is 270 cm³/mol. The molecule has 0 bridgehead atoms. The summed E-state index contributed by atoms with van der Waals surface area (Å²) in [7, 11) is 0. The van der Waals surface area contributed by atoms with Crippen molar-refractivity contribution in [3.8, 4) is 0 Å². The monoisotopic (exact) mass is 891 g/mol. The molecule has 0 amide bonds. The maximum absolute atomic E-state index is 12.8. The first kappa shape index (κ1) is 61.4. The van der Waals surface area contributed by atoms with Crippen LogP contribution < -0.4 is 0 Å². The van der Waals surface area contributed by atoms with E-state index >= 15 is 0 Å². The summed E-state index contributed by atoms with van der Waals surface area (Å²) in [5.74, 6) is 0.845. The Morgan fingerprint density at radius 3 is 0.905 bits per heavy atom. The molecule has 0 aromatic heterocycles. The average Bonchev–Trinajstić information content (AvgIpc) is 3.27.